The van der Waals surface area contributed by atoms with Crippen LogP contribution in [0.4, 0.5) is 0 Å². The van der Waals surface area contributed by atoms with Gasteiger partial charge in [0.05, 0.1) is 5.60 Å². The average Bonchev–Trinajstić information content (AvgIpc) is 2.45. The van der Waals surface area contributed by atoms with E-state index in [1.54, 1.807) is 0 Å². The lowest BCUT2D eigenvalue weighted by atomic mass is 9.93. The van der Waals surface area contributed by atoms with Crippen molar-refractivity contribution in [2.75, 3.05) is 19.6 Å². The summed E-state index contributed by atoms with van der Waals surface area (Å²) >= 11 is 0. The molecule has 0 atom stereocenters. The normalized spacial score (nSPS) is 28.6. The van der Waals surface area contributed by atoms with E-state index >= 15 is 0 Å². The minimum Gasteiger partial charge on any atom is -0.389 e. The van der Waals surface area contributed by atoms with Crippen LogP contribution in [-0.2, 0) is 0 Å². The van der Waals surface area contributed by atoms with Crippen molar-refractivity contribution >= 4 is 0 Å². The highest BCUT2D eigenvalue weighted by Crippen LogP contribution is 2.28. The number of β-amino-alcohol motifs (C(OH)–C–C–N with tert-alkyl or cyclic N) is 1. The zero-order valence-electron chi connectivity index (χ0n) is 9.88. The van der Waals surface area contributed by atoms with E-state index in [2.05, 4.69) is 4.90 Å². The largest absolute Gasteiger partial charge is 0.389 e. The minimum atomic E-state index is -0.353. The van der Waals surface area contributed by atoms with Gasteiger partial charge < -0.3 is 10.0 Å². The van der Waals surface area contributed by atoms with Gasteiger partial charge in [-0.3, -0.25) is 0 Å². The van der Waals surface area contributed by atoms with Crippen molar-refractivity contribution in [3.63, 3.8) is 0 Å². The van der Waals surface area contributed by atoms with E-state index in [9.17, 15) is 5.11 Å². The van der Waals surface area contributed by atoms with E-state index in [1.807, 2.05) is 0 Å². The molecule has 0 bridgehead atoms. The Morgan fingerprint density at radius 2 is 1.33 bits per heavy atom. The third kappa shape index (κ3) is 3.46. The zero-order valence-corrected chi connectivity index (χ0v) is 9.88. The summed E-state index contributed by atoms with van der Waals surface area (Å²) in [4.78, 5) is 2.48. The monoisotopic (exact) mass is 211 g/mol. The first-order chi connectivity index (χ1) is 7.29. The molecule has 0 unspecified atom stereocenters. The summed E-state index contributed by atoms with van der Waals surface area (Å²) in [5.74, 6) is 0. The van der Waals surface area contributed by atoms with Crippen LogP contribution in [0.25, 0.3) is 0 Å². The van der Waals surface area contributed by atoms with Gasteiger partial charge in [-0.1, -0.05) is 32.1 Å². The molecule has 2 rings (SSSR count). The quantitative estimate of drug-likeness (QED) is 0.710. The smallest absolute Gasteiger partial charge is 0.0774 e. The van der Waals surface area contributed by atoms with Crippen LogP contribution in [-0.4, -0.2) is 35.2 Å². The van der Waals surface area contributed by atoms with Crippen LogP contribution >= 0.6 is 0 Å². The van der Waals surface area contributed by atoms with Crippen LogP contribution in [0, 0.1) is 0 Å². The van der Waals surface area contributed by atoms with Gasteiger partial charge >= 0.3 is 0 Å². The lowest BCUT2D eigenvalue weighted by Gasteiger charge is -2.35. The van der Waals surface area contributed by atoms with Gasteiger partial charge in [0.1, 0.15) is 0 Å². The van der Waals surface area contributed by atoms with Crippen LogP contribution in [0.15, 0.2) is 0 Å². The fraction of sp³-hybridized carbons (Fsp3) is 1.00. The SMILES string of the molecule is OC1(CN2CCCCC2)CCCCCC1. The lowest BCUT2D eigenvalue weighted by Crippen LogP contribution is -2.44. The third-order valence-electron chi connectivity index (χ3n) is 4.00. The van der Waals surface area contributed by atoms with E-state index in [1.165, 1.54) is 58.0 Å². The van der Waals surface area contributed by atoms with Crippen LogP contribution in [0.5, 0.6) is 0 Å². The predicted octanol–water partition coefficient (Wildman–Crippen LogP) is 2.56. The van der Waals surface area contributed by atoms with Crippen LogP contribution < -0.4 is 0 Å². The molecule has 2 heteroatoms. The van der Waals surface area contributed by atoms with Gasteiger partial charge in [-0.05, 0) is 38.8 Å². The van der Waals surface area contributed by atoms with Gasteiger partial charge in [0, 0.05) is 6.54 Å². The molecule has 0 aromatic heterocycles. The maximum absolute atomic E-state index is 10.6. The zero-order chi connectivity index (χ0) is 10.6. The molecule has 1 aliphatic heterocycles. The van der Waals surface area contributed by atoms with E-state index in [4.69, 9.17) is 0 Å². The number of aliphatic hydroxyl groups is 1. The second kappa shape index (κ2) is 5.31. The highest BCUT2D eigenvalue weighted by molar-refractivity contribution is 4.85. The molecular weight excluding hydrogens is 186 g/mol. The molecule has 1 N–H and O–H groups in total. The summed E-state index contributed by atoms with van der Waals surface area (Å²) in [5, 5.41) is 10.6. The van der Waals surface area contributed by atoms with E-state index < -0.39 is 0 Å². The Labute approximate surface area is 93.7 Å². The maximum atomic E-state index is 10.6. The van der Waals surface area contributed by atoms with Crippen molar-refractivity contribution in [1.29, 1.82) is 0 Å². The maximum Gasteiger partial charge on any atom is 0.0774 e. The summed E-state index contributed by atoms with van der Waals surface area (Å²) in [7, 11) is 0. The number of nitrogens with zero attached hydrogens (tertiary/aromatic N) is 1. The van der Waals surface area contributed by atoms with Crippen molar-refractivity contribution in [3.8, 4) is 0 Å². The van der Waals surface area contributed by atoms with Gasteiger partial charge in [0.2, 0.25) is 0 Å². The molecule has 88 valence electrons. The predicted molar refractivity (Wildman–Crippen MR) is 62.9 cm³/mol. The van der Waals surface area contributed by atoms with Crippen molar-refractivity contribution in [2.45, 2.75) is 63.4 Å². The Bertz CT molecular complexity index is 179. The first kappa shape index (κ1) is 11.4. The van der Waals surface area contributed by atoms with E-state index in [0.717, 1.165) is 19.4 Å². The summed E-state index contributed by atoms with van der Waals surface area (Å²) in [6, 6.07) is 0. The molecule has 1 heterocycles. The summed E-state index contributed by atoms with van der Waals surface area (Å²) in [6.45, 7) is 3.36. The van der Waals surface area contributed by atoms with Crippen LogP contribution in [0.2, 0.25) is 0 Å². The highest BCUT2D eigenvalue weighted by Gasteiger charge is 2.30. The molecule has 0 spiro atoms. The van der Waals surface area contributed by atoms with Crippen molar-refractivity contribution in [2.24, 2.45) is 0 Å². The molecule has 1 aliphatic carbocycles. The third-order valence-corrected chi connectivity index (χ3v) is 4.00. The molecule has 15 heavy (non-hydrogen) atoms. The molecule has 0 aromatic carbocycles. The minimum absolute atomic E-state index is 0.353. The Balaban J connectivity index is 1.83. The summed E-state index contributed by atoms with van der Waals surface area (Å²) in [6.07, 6.45) is 11.2. The molecule has 0 amide bonds. The van der Waals surface area contributed by atoms with Gasteiger partial charge in [-0.15, -0.1) is 0 Å². The summed E-state index contributed by atoms with van der Waals surface area (Å²) in [5.41, 5.74) is -0.353. The fourth-order valence-electron chi connectivity index (χ4n) is 3.08. The standard InChI is InChI=1S/C13H25NO/c15-13(8-4-1-2-5-9-13)12-14-10-6-3-7-11-14/h15H,1-12H2. The molecule has 0 radical (unpaired) electrons. The first-order valence-electron chi connectivity index (χ1n) is 6.73. The van der Waals surface area contributed by atoms with Crippen molar-refractivity contribution in [3.05, 3.63) is 0 Å². The molecular formula is C13H25NO. The topological polar surface area (TPSA) is 23.5 Å². The Morgan fingerprint density at radius 3 is 1.93 bits per heavy atom. The van der Waals surface area contributed by atoms with Crippen molar-refractivity contribution < 1.29 is 5.11 Å². The number of hydrogen-bond donors (Lipinski definition) is 1. The molecule has 2 fully saturated rings. The summed E-state index contributed by atoms with van der Waals surface area (Å²) < 4.78 is 0. The average molecular weight is 211 g/mol. The van der Waals surface area contributed by atoms with Gasteiger partial charge in [0.25, 0.3) is 0 Å². The van der Waals surface area contributed by atoms with Crippen molar-refractivity contribution in [1.82, 2.24) is 4.90 Å². The molecule has 1 saturated carbocycles. The van der Waals surface area contributed by atoms with Gasteiger partial charge in [0.15, 0.2) is 0 Å². The number of rotatable bonds is 2. The Morgan fingerprint density at radius 1 is 0.800 bits per heavy atom. The van der Waals surface area contributed by atoms with Gasteiger partial charge in [-0.2, -0.15) is 0 Å². The molecule has 2 nitrogen and oxygen atoms in total. The van der Waals surface area contributed by atoms with E-state index in [-0.39, 0.29) is 5.60 Å². The first-order valence-corrected chi connectivity index (χ1v) is 6.73. The fourth-order valence-corrected chi connectivity index (χ4v) is 3.08. The molecule has 0 aromatic rings. The number of piperidine rings is 1. The lowest BCUT2D eigenvalue weighted by molar-refractivity contribution is -0.0135. The number of likely N-dealkylation sites (tertiary alicyclic amines) is 1. The molecule has 1 saturated heterocycles. The Kier molecular flexibility index (Phi) is 4.04. The van der Waals surface area contributed by atoms with E-state index in [0.29, 0.717) is 0 Å². The Hall–Kier alpha value is -0.0800. The van der Waals surface area contributed by atoms with Crippen LogP contribution in [0.1, 0.15) is 57.8 Å². The van der Waals surface area contributed by atoms with Crippen LogP contribution in [0.3, 0.4) is 0 Å². The second-order valence-corrected chi connectivity index (χ2v) is 5.48. The van der Waals surface area contributed by atoms with Gasteiger partial charge in [-0.25, -0.2) is 0 Å². The molecule has 2 aliphatic rings. The second-order valence-electron chi connectivity index (χ2n) is 5.48. The highest BCUT2D eigenvalue weighted by atomic mass is 16.3. The number of hydrogen-bond acceptors (Lipinski definition) is 2.